The van der Waals surface area contributed by atoms with Crippen molar-refractivity contribution in [2.75, 3.05) is 18.5 Å². The predicted molar refractivity (Wildman–Crippen MR) is 82.8 cm³/mol. The summed E-state index contributed by atoms with van der Waals surface area (Å²) >= 11 is 6.15. The number of benzene rings is 1. The highest BCUT2D eigenvalue weighted by Gasteiger charge is 2.33. The summed E-state index contributed by atoms with van der Waals surface area (Å²) in [5.41, 5.74) is 0.395. The van der Waals surface area contributed by atoms with Crippen LogP contribution in [0.4, 0.5) is 5.69 Å². The summed E-state index contributed by atoms with van der Waals surface area (Å²) in [4.78, 5) is 11.3. The van der Waals surface area contributed by atoms with Gasteiger partial charge in [-0.25, -0.2) is 8.42 Å². The van der Waals surface area contributed by atoms with Crippen LogP contribution in [0.5, 0.6) is 5.75 Å². The van der Waals surface area contributed by atoms with Crippen molar-refractivity contribution in [3.63, 3.8) is 0 Å². The Balaban J connectivity index is 2.02. The summed E-state index contributed by atoms with van der Waals surface area (Å²) in [5, 5.41) is 2.70. The zero-order valence-electron chi connectivity index (χ0n) is 12.1. The molecule has 1 unspecified atom stereocenters. The number of anilines is 1. The minimum atomic E-state index is -3.68. The van der Waals surface area contributed by atoms with Crippen molar-refractivity contribution in [1.29, 1.82) is 0 Å². The van der Waals surface area contributed by atoms with Gasteiger partial charge in [0.15, 0.2) is 6.61 Å². The number of nitrogens with one attached hydrogen (secondary N) is 1. The van der Waals surface area contributed by atoms with Gasteiger partial charge in [0.2, 0.25) is 10.0 Å². The maximum Gasteiger partial charge on any atom is 0.262 e. The van der Waals surface area contributed by atoms with Crippen LogP contribution >= 0.6 is 11.6 Å². The number of nitrogens with zero attached hydrogens (tertiary/aromatic N) is 1. The molecule has 1 N–H and O–H groups in total. The average molecular weight is 345 g/mol. The van der Waals surface area contributed by atoms with E-state index in [9.17, 15) is 13.2 Å². The highest BCUT2D eigenvalue weighted by atomic mass is 35.5. The molecule has 120 valence electrons. The summed E-state index contributed by atoms with van der Waals surface area (Å²) in [6, 6.07) is 2.77. The van der Waals surface area contributed by atoms with Gasteiger partial charge in [-0.1, -0.05) is 18.0 Å². The molecule has 0 radical (unpaired) electrons. The molecule has 1 saturated heterocycles. The minimum Gasteiger partial charge on any atom is -0.482 e. The third-order valence-electron chi connectivity index (χ3n) is 4.00. The molecule has 3 rings (SSSR count). The maximum atomic E-state index is 12.9. The number of piperidine rings is 1. The second-order valence-corrected chi connectivity index (χ2v) is 7.84. The number of ether oxygens (including phenoxy) is 1. The van der Waals surface area contributed by atoms with E-state index >= 15 is 0 Å². The normalized spacial score (nSPS) is 22.6. The van der Waals surface area contributed by atoms with Crippen LogP contribution in [0.15, 0.2) is 17.0 Å². The molecule has 8 heteroatoms. The van der Waals surface area contributed by atoms with E-state index in [0.717, 1.165) is 19.3 Å². The zero-order valence-corrected chi connectivity index (χ0v) is 13.7. The van der Waals surface area contributed by atoms with Gasteiger partial charge in [-0.15, -0.1) is 0 Å². The molecule has 22 heavy (non-hydrogen) atoms. The van der Waals surface area contributed by atoms with Crippen LogP contribution in [0.1, 0.15) is 26.2 Å². The molecule has 2 aliphatic heterocycles. The molecule has 2 heterocycles. The average Bonchev–Trinajstić information content (AvgIpc) is 2.46. The van der Waals surface area contributed by atoms with Crippen molar-refractivity contribution in [2.24, 2.45) is 0 Å². The fraction of sp³-hybridized carbons (Fsp3) is 0.500. The lowest BCUT2D eigenvalue weighted by Crippen LogP contribution is -2.42. The molecule has 0 bridgehead atoms. The van der Waals surface area contributed by atoms with Gasteiger partial charge >= 0.3 is 0 Å². The van der Waals surface area contributed by atoms with Crippen molar-refractivity contribution >= 4 is 33.2 Å². The summed E-state index contributed by atoms with van der Waals surface area (Å²) < 4.78 is 32.5. The second kappa shape index (κ2) is 5.72. The van der Waals surface area contributed by atoms with Gasteiger partial charge in [-0.3, -0.25) is 4.79 Å². The van der Waals surface area contributed by atoms with Crippen LogP contribution in [0.2, 0.25) is 5.02 Å². The quantitative estimate of drug-likeness (QED) is 0.892. The lowest BCUT2D eigenvalue weighted by Gasteiger charge is -2.32. The number of sulfonamides is 1. The number of carbonyl (C=O) groups is 1. The Hall–Kier alpha value is -1.31. The number of fused-ring (bicyclic) bond motifs is 1. The van der Waals surface area contributed by atoms with Crippen molar-refractivity contribution < 1.29 is 17.9 Å². The Kier molecular flexibility index (Phi) is 4.05. The lowest BCUT2D eigenvalue weighted by atomic mass is 10.1. The third-order valence-corrected chi connectivity index (χ3v) is 6.47. The summed E-state index contributed by atoms with van der Waals surface area (Å²) in [7, 11) is -3.68. The van der Waals surface area contributed by atoms with Crippen LogP contribution in [0.3, 0.4) is 0 Å². The van der Waals surface area contributed by atoms with Crippen molar-refractivity contribution in [1.82, 2.24) is 4.31 Å². The highest BCUT2D eigenvalue weighted by molar-refractivity contribution is 7.89. The third kappa shape index (κ3) is 2.68. The van der Waals surface area contributed by atoms with Crippen molar-refractivity contribution in [2.45, 2.75) is 37.1 Å². The Bertz CT molecular complexity index is 720. The number of hydrogen-bond donors (Lipinski definition) is 1. The van der Waals surface area contributed by atoms with Gasteiger partial charge in [0.1, 0.15) is 10.6 Å². The SMILES string of the molecule is CC1CCCCN1S(=O)(=O)c1cc2c(cc1Cl)NC(=O)CO2. The van der Waals surface area contributed by atoms with E-state index in [1.807, 2.05) is 6.92 Å². The molecule has 1 atom stereocenters. The standard InChI is InChI=1S/C14H17ClN2O4S/c1-9-4-2-3-5-17(9)22(19,20)13-7-12-11(6-10(13)15)16-14(18)8-21-12/h6-7,9H,2-5,8H2,1H3,(H,16,18). The van der Waals surface area contributed by atoms with Crippen molar-refractivity contribution in [3.8, 4) is 5.75 Å². The largest absolute Gasteiger partial charge is 0.482 e. The number of rotatable bonds is 2. The number of carbonyl (C=O) groups excluding carboxylic acids is 1. The first-order valence-electron chi connectivity index (χ1n) is 7.17. The lowest BCUT2D eigenvalue weighted by molar-refractivity contribution is -0.118. The van der Waals surface area contributed by atoms with Crippen molar-refractivity contribution in [3.05, 3.63) is 17.2 Å². The molecular weight excluding hydrogens is 328 g/mol. The molecule has 1 aromatic carbocycles. The van der Waals surface area contributed by atoms with Crippen LogP contribution in [-0.4, -0.2) is 37.8 Å². The van der Waals surface area contributed by atoms with E-state index in [-0.39, 0.29) is 28.5 Å². The van der Waals surface area contributed by atoms with Gasteiger partial charge in [0.25, 0.3) is 5.91 Å². The van der Waals surface area contributed by atoms with Crippen LogP contribution < -0.4 is 10.1 Å². The van der Waals surface area contributed by atoms with Gasteiger partial charge in [0, 0.05) is 18.7 Å². The fourth-order valence-electron chi connectivity index (χ4n) is 2.83. The minimum absolute atomic E-state index is 0.0258. The molecule has 0 spiro atoms. The fourth-order valence-corrected chi connectivity index (χ4v) is 5.05. The topological polar surface area (TPSA) is 75.7 Å². The molecule has 2 aliphatic rings. The number of amides is 1. The second-order valence-electron chi connectivity index (χ2n) is 5.58. The van der Waals surface area contributed by atoms with Crippen LogP contribution in [-0.2, 0) is 14.8 Å². The molecule has 1 amide bonds. The summed E-state index contributed by atoms with van der Waals surface area (Å²) in [6.45, 7) is 2.27. The molecular formula is C14H17ClN2O4S. The Labute approximate surface area is 134 Å². The van der Waals surface area contributed by atoms with Gasteiger partial charge < -0.3 is 10.1 Å². The first-order chi connectivity index (χ1) is 10.4. The van der Waals surface area contributed by atoms with Gasteiger partial charge in [0.05, 0.1) is 10.7 Å². The Morgan fingerprint density at radius 1 is 1.36 bits per heavy atom. The predicted octanol–water partition coefficient (Wildman–Crippen LogP) is 2.23. The number of halogens is 1. The van der Waals surface area contributed by atoms with Gasteiger partial charge in [-0.2, -0.15) is 4.31 Å². The van der Waals surface area contributed by atoms with E-state index in [4.69, 9.17) is 16.3 Å². The van der Waals surface area contributed by atoms with E-state index in [0.29, 0.717) is 18.0 Å². The zero-order chi connectivity index (χ0) is 15.9. The van der Waals surface area contributed by atoms with E-state index in [2.05, 4.69) is 5.32 Å². The molecule has 0 aromatic heterocycles. The van der Waals surface area contributed by atoms with E-state index in [1.54, 1.807) is 0 Å². The molecule has 6 nitrogen and oxygen atoms in total. The van der Waals surface area contributed by atoms with E-state index in [1.165, 1.54) is 16.4 Å². The Morgan fingerprint density at radius 2 is 2.14 bits per heavy atom. The number of hydrogen-bond acceptors (Lipinski definition) is 4. The van der Waals surface area contributed by atoms with Crippen LogP contribution in [0, 0.1) is 0 Å². The highest BCUT2D eigenvalue weighted by Crippen LogP contribution is 2.37. The molecule has 1 fully saturated rings. The molecule has 0 aliphatic carbocycles. The molecule has 0 saturated carbocycles. The van der Waals surface area contributed by atoms with E-state index < -0.39 is 10.0 Å². The summed E-state index contributed by atoms with van der Waals surface area (Å²) in [5.74, 6) is 0.0380. The first kappa shape index (κ1) is 15.6. The first-order valence-corrected chi connectivity index (χ1v) is 8.99. The molecule has 1 aromatic rings. The smallest absolute Gasteiger partial charge is 0.262 e. The monoisotopic (exact) mass is 344 g/mol. The Morgan fingerprint density at radius 3 is 2.86 bits per heavy atom. The van der Waals surface area contributed by atoms with Crippen LogP contribution in [0.25, 0.3) is 0 Å². The summed E-state index contributed by atoms with van der Waals surface area (Å²) in [6.07, 6.45) is 2.72. The maximum absolute atomic E-state index is 12.9. The van der Waals surface area contributed by atoms with Gasteiger partial charge in [-0.05, 0) is 25.8 Å².